The highest BCUT2D eigenvalue weighted by molar-refractivity contribution is 9.11. The second-order valence-electron chi connectivity index (χ2n) is 2.26. The van der Waals surface area contributed by atoms with Crippen molar-refractivity contribution in [1.82, 2.24) is 0 Å². The Kier molecular flexibility index (Phi) is 3.26. The van der Waals surface area contributed by atoms with Gasteiger partial charge in [-0.25, -0.2) is 4.99 Å². The van der Waals surface area contributed by atoms with Crippen LogP contribution in [0.4, 0.5) is 0 Å². The number of rotatable bonds is 1. The van der Waals surface area contributed by atoms with Crippen molar-refractivity contribution >= 4 is 33.3 Å². The number of aliphatic imine (C=N–C) groups is 1. The molecular formula is C7H8BrNS. The highest BCUT2D eigenvalue weighted by atomic mass is 79.9. The van der Waals surface area contributed by atoms with Crippen LogP contribution in [-0.2, 0) is 0 Å². The molecule has 0 radical (unpaired) electrons. The average molecular weight is 218 g/mol. The standard InChI is InChI=1S/C7H8BrNS/c8-6-3-1-2-4-7(6)9-5-10/h3,7H,1-2,4H2. The summed E-state index contributed by atoms with van der Waals surface area (Å²) in [6, 6.07) is 0.256. The van der Waals surface area contributed by atoms with Crippen molar-refractivity contribution in [3.63, 3.8) is 0 Å². The van der Waals surface area contributed by atoms with E-state index >= 15 is 0 Å². The second-order valence-corrected chi connectivity index (χ2v) is 3.35. The molecule has 10 heavy (non-hydrogen) atoms. The van der Waals surface area contributed by atoms with E-state index in [0.717, 1.165) is 17.3 Å². The monoisotopic (exact) mass is 217 g/mol. The van der Waals surface area contributed by atoms with E-state index < -0.39 is 0 Å². The molecule has 1 aliphatic carbocycles. The van der Waals surface area contributed by atoms with E-state index in [1.165, 1.54) is 6.42 Å². The largest absolute Gasteiger partial charge is 0.224 e. The lowest BCUT2D eigenvalue weighted by molar-refractivity contribution is 0.644. The van der Waals surface area contributed by atoms with Crippen LogP contribution in [0, 0.1) is 0 Å². The van der Waals surface area contributed by atoms with Crippen molar-refractivity contribution in [2.45, 2.75) is 25.3 Å². The van der Waals surface area contributed by atoms with Crippen LogP contribution in [0.2, 0.25) is 0 Å². The fourth-order valence-corrected chi connectivity index (χ4v) is 1.70. The lowest BCUT2D eigenvalue weighted by Gasteiger charge is -2.13. The summed E-state index contributed by atoms with van der Waals surface area (Å²) in [5.41, 5.74) is 0. The van der Waals surface area contributed by atoms with Crippen LogP contribution in [0.1, 0.15) is 19.3 Å². The van der Waals surface area contributed by atoms with Crippen LogP contribution >= 0.6 is 28.1 Å². The lowest BCUT2D eigenvalue weighted by atomic mass is 10.0. The zero-order chi connectivity index (χ0) is 7.40. The van der Waals surface area contributed by atoms with Gasteiger partial charge in [-0.2, -0.15) is 0 Å². The maximum atomic E-state index is 4.52. The quantitative estimate of drug-likeness (QED) is 0.487. The summed E-state index contributed by atoms with van der Waals surface area (Å²) in [7, 11) is 0. The fourth-order valence-electron chi connectivity index (χ4n) is 1.01. The minimum Gasteiger partial charge on any atom is -0.224 e. The molecule has 0 aromatic carbocycles. The van der Waals surface area contributed by atoms with Gasteiger partial charge in [-0.3, -0.25) is 0 Å². The third-order valence-electron chi connectivity index (χ3n) is 1.55. The molecular weight excluding hydrogens is 210 g/mol. The molecule has 3 heteroatoms. The van der Waals surface area contributed by atoms with Gasteiger partial charge in [0.25, 0.3) is 0 Å². The molecule has 0 spiro atoms. The molecule has 0 amide bonds. The summed E-state index contributed by atoms with van der Waals surface area (Å²) >= 11 is 7.96. The molecule has 54 valence electrons. The van der Waals surface area contributed by atoms with Crippen molar-refractivity contribution in [3.05, 3.63) is 10.6 Å². The maximum absolute atomic E-state index is 4.52. The van der Waals surface area contributed by atoms with Crippen molar-refractivity contribution in [2.24, 2.45) is 4.99 Å². The Balaban J connectivity index is 2.66. The number of allylic oxidation sites excluding steroid dienone is 1. The first kappa shape index (κ1) is 8.12. The number of isothiocyanates is 1. The number of halogens is 1. The third kappa shape index (κ3) is 2.01. The van der Waals surface area contributed by atoms with Gasteiger partial charge in [-0.15, -0.1) is 0 Å². The first-order valence-corrected chi connectivity index (χ1v) is 4.47. The first-order valence-electron chi connectivity index (χ1n) is 3.27. The lowest BCUT2D eigenvalue weighted by Crippen LogP contribution is -2.07. The Labute approximate surface area is 74.4 Å². The van der Waals surface area contributed by atoms with Crippen LogP contribution in [0.25, 0.3) is 0 Å². The predicted molar refractivity (Wildman–Crippen MR) is 49.7 cm³/mol. The van der Waals surface area contributed by atoms with E-state index in [1.807, 2.05) is 0 Å². The van der Waals surface area contributed by atoms with Crippen LogP contribution in [0.15, 0.2) is 15.6 Å². The number of hydrogen-bond donors (Lipinski definition) is 0. The van der Waals surface area contributed by atoms with Crippen LogP contribution in [0.3, 0.4) is 0 Å². The van der Waals surface area contributed by atoms with E-state index in [9.17, 15) is 0 Å². The summed E-state index contributed by atoms with van der Waals surface area (Å²) in [6.45, 7) is 0. The number of nitrogens with zero attached hydrogens (tertiary/aromatic N) is 1. The van der Waals surface area contributed by atoms with Gasteiger partial charge >= 0.3 is 0 Å². The summed E-state index contributed by atoms with van der Waals surface area (Å²) < 4.78 is 1.16. The van der Waals surface area contributed by atoms with Crippen molar-refractivity contribution in [1.29, 1.82) is 0 Å². The molecule has 0 fully saturated rings. The Morgan fingerprint density at radius 1 is 1.80 bits per heavy atom. The van der Waals surface area contributed by atoms with Gasteiger partial charge in [-0.1, -0.05) is 22.0 Å². The van der Waals surface area contributed by atoms with Gasteiger partial charge < -0.3 is 0 Å². The molecule has 1 unspecified atom stereocenters. The molecule has 1 aliphatic rings. The van der Waals surface area contributed by atoms with Crippen LogP contribution < -0.4 is 0 Å². The van der Waals surface area contributed by atoms with E-state index in [4.69, 9.17) is 0 Å². The number of thiocarbonyl (C=S) groups is 1. The summed E-state index contributed by atoms with van der Waals surface area (Å²) in [5.74, 6) is 0. The second kappa shape index (κ2) is 4.02. The van der Waals surface area contributed by atoms with E-state index in [1.54, 1.807) is 0 Å². The zero-order valence-electron chi connectivity index (χ0n) is 5.51. The molecule has 0 aromatic rings. The molecule has 1 atom stereocenters. The predicted octanol–water partition coefficient (Wildman–Crippen LogP) is 2.92. The van der Waals surface area contributed by atoms with Gasteiger partial charge in [0.1, 0.15) is 0 Å². The molecule has 0 heterocycles. The van der Waals surface area contributed by atoms with Gasteiger partial charge in [0.05, 0.1) is 11.2 Å². The minimum absolute atomic E-state index is 0.256. The highest BCUT2D eigenvalue weighted by Gasteiger charge is 2.12. The summed E-state index contributed by atoms with van der Waals surface area (Å²) in [6.07, 6.45) is 5.62. The third-order valence-corrected chi connectivity index (χ3v) is 2.51. The smallest absolute Gasteiger partial charge is 0.0913 e. The Morgan fingerprint density at radius 2 is 2.60 bits per heavy atom. The average Bonchev–Trinajstić information content (AvgIpc) is 1.94. The molecule has 0 saturated heterocycles. The molecule has 0 aliphatic heterocycles. The van der Waals surface area contributed by atoms with E-state index in [2.05, 4.69) is 44.4 Å². The Hall–Kier alpha value is 0.0200. The molecule has 1 nitrogen and oxygen atoms in total. The van der Waals surface area contributed by atoms with Gasteiger partial charge in [0.2, 0.25) is 0 Å². The van der Waals surface area contributed by atoms with Crippen LogP contribution in [-0.4, -0.2) is 11.2 Å². The highest BCUT2D eigenvalue weighted by Crippen LogP contribution is 2.25. The van der Waals surface area contributed by atoms with E-state index in [0.29, 0.717) is 0 Å². The van der Waals surface area contributed by atoms with Crippen molar-refractivity contribution < 1.29 is 0 Å². The van der Waals surface area contributed by atoms with Crippen LogP contribution in [0.5, 0.6) is 0 Å². The Morgan fingerprint density at radius 3 is 3.20 bits per heavy atom. The normalized spacial score (nSPS) is 24.9. The molecule has 0 aromatic heterocycles. The van der Waals surface area contributed by atoms with Gasteiger partial charge in [0.15, 0.2) is 0 Å². The SMILES string of the molecule is S=C=NC1CCCC=C1Br. The summed E-state index contributed by atoms with van der Waals surface area (Å²) in [5, 5.41) is 2.41. The maximum Gasteiger partial charge on any atom is 0.0913 e. The molecule has 0 bridgehead atoms. The fraction of sp³-hybridized carbons (Fsp3) is 0.571. The van der Waals surface area contributed by atoms with Crippen molar-refractivity contribution in [2.75, 3.05) is 0 Å². The number of hydrogen-bond acceptors (Lipinski definition) is 2. The van der Waals surface area contributed by atoms with E-state index in [-0.39, 0.29) is 6.04 Å². The molecule has 0 N–H and O–H groups in total. The van der Waals surface area contributed by atoms with Gasteiger partial charge in [-0.05, 0) is 31.5 Å². The Bertz CT molecular complexity index is 194. The molecule has 0 saturated carbocycles. The topological polar surface area (TPSA) is 12.4 Å². The van der Waals surface area contributed by atoms with Crippen molar-refractivity contribution in [3.8, 4) is 0 Å². The minimum atomic E-state index is 0.256. The first-order chi connectivity index (χ1) is 4.84. The zero-order valence-corrected chi connectivity index (χ0v) is 7.91. The summed E-state index contributed by atoms with van der Waals surface area (Å²) in [4.78, 5) is 4.01. The molecule has 1 rings (SSSR count). The van der Waals surface area contributed by atoms with Gasteiger partial charge in [0, 0.05) is 4.48 Å².